The van der Waals surface area contributed by atoms with E-state index in [1.807, 2.05) is 0 Å². The lowest BCUT2D eigenvalue weighted by Crippen LogP contribution is -2.54. The van der Waals surface area contributed by atoms with Gasteiger partial charge in [0.1, 0.15) is 17.1 Å². The van der Waals surface area contributed by atoms with Crippen LogP contribution < -0.4 is 15.0 Å². The van der Waals surface area contributed by atoms with Crippen molar-refractivity contribution in [2.24, 2.45) is 0 Å². The van der Waals surface area contributed by atoms with E-state index in [-0.39, 0.29) is 33.7 Å². The van der Waals surface area contributed by atoms with Crippen molar-refractivity contribution in [1.82, 2.24) is 5.32 Å². The Labute approximate surface area is 169 Å². The van der Waals surface area contributed by atoms with Gasteiger partial charge in [0, 0.05) is 10.6 Å². The molecule has 0 radical (unpaired) electrons. The molecule has 0 aliphatic carbocycles. The molecule has 9 heteroatoms. The summed E-state index contributed by atoms with van der Waals surface area (Å²) in [6, 6.07) is 6.70. The van der Waals surface area contributed by atoms with Crippen LogP contribution in [-0.4, -0.2) is 24.5 Å². The Kier molecular flexibility index (Phi) is 5.67. The smallest absolute Gasteiger partial charge is 0.335 e. The van der Waals surface area contributed by atoms with Crippen LogP contribution in [0, 0.1) is 5.82 Å². The number of nitrogens with one attached hydrogen (secondary N) is 1. The molecule has 28 heavy (non-hydrogen) atoms. The van der Waals surface area contributed by atoms with Crippen molar-refractivity contribution in [3.8, 4) is 5.75 Å². The van der Waals surface area contributed by atoms with E-state index in [0.717, 1.165) is 17.0 Å². The van der Waals surface area contributed by atoms with E-state index >= 15 is 0 Å². The van der Waals surface area contributed by atoms with Crippen LogP contribution in [0.15, 0.2) is 42.0 Å². The first-order valence-electron chi connectivity index (χ1n) is 8.10. The number of carbonyl (C=O) groups excluding carboxylic acids is 3. The van der Waals surface area contributed by atoms with Crippen molar-refractivity contribution in [3.05, 3.63) is 63.4 Å². The van der Waals surface area contributed by atoms with Crippen LogP contribution >= 0.6 is 23.2 Å². The molecular formula is C19H13Cl2FN2O4. The quantitative estimate of drug-likeness (QED) is 0.591. The SMILES string of the molecule is CCOc1c(Cl)cc(Cl)cc1/C=C1\C(=O)NC(=O)N(c2ccc(F)cc2)C1=O. The number of nitrogens with zero attached hydrogens (tertiary/aromatic N) is 1. The number of ether oxygens (including phenoxy) is 1. The van der Waals surface area contributed by atoms with E-state index in [4.69, 9.17) is 27.9 Å². The van der Waals surface area contributed by atoms with Crippen LogP contribution in [0.2, 0.25) is 10.0 Å². The second-order valence-electron chi connectivity index (χ2n) is 5.67. The van der Waals surface area contributed by atoms with Crippen molar-refractivity contribution in [2.75, 3.05) is 11.5 Å². The number of hydrogen-bond donors (Lipinski definition) is 1. The predicted octanol–water partition coefficient (Wildman–Crippen LogP) is 4.20. The Bertz CT molecular complexity index is 1010. The third-order valence-electron chi connectivity index (χ3n) is 3.81. The molecule has 0 aromatic heterocycles. The zero-order chi connectivity index (χ0) is 20.4. The van der Waals surface area contributed by atoms with Crippen molar-refractivity contribution in [3.63, 3.8) is 0 Å². The first kappa shape index (κ1) is 19.9. The molecule has 1 N–H and O–H groups in total. The summed E-state index contributed by atoms with van der Waals surface area (Å²) in [5.74, 6) is -2.05. The minimum Gasteiger partial charge on any atom is -0.492 e. The number of halogens is 3. The number of anilines is 1. The lowest BCUT2D eigenvalue weighted by atomic mass is 10.1. The Balaban J connectivity index is 2.08. The summed E-state index contributed by atoms with van der Waals surface area (Å²) in [6.45, 7) is 2.03. The molecule has 1 saturated heterocycles. The molecular weight excluding hydrogens is 410 g/mol. The highest BCUT2D eigenvalue weighted by Crippen LogP contribution is 2.34. The van der Waals surface area contributed by atoms with Gasteiger partial charge in [-0.15, -0.1) is 0 Å². The van der Waals surface area contributed by atoms with Crippen molar-refractivity contribution >= 4 is 52.8 Å². The molecule has 4 amide bonds. The van der Waals surface area contributed by atoms with Crippen LogP contribution in [0.4, 0.5) is 14.9 Å². The monoisotopic (exact) mass is 422 g/mol. The van der Waals surface area contributed by atoms with Gasteiger partial charge in [-0.2, -0.15) is 0 Å². The zero-order valence-corrected chi connectivity index (χ0v) is 16.0. The van der Waals surface area contributed by atoms with Gasteiger partial charge in [0.2, 0.25) is 0 Å². The fraction of sp³-hybridized carbons (Fsp3) is 0.105. The fourth-order valence-electron chi connectivity index (χ4n) is 2.62. The highest BCUT2D eigenvalue weighted by Gasteiger charge is 2.37. The second kappa shape index (κ2) is 8.00. The maximum atomic E-state index is 13.2. The van der Waals surface area contributed by atoms with Gasteiger partial charge in [-0.25, -0.2) is 14.1 Å². The van der Waals surface area contributed by atoms with Crippen molar-refractivity contribution in [2.45, 2.75) is 6.92 Å². The standard InChI is InChI=1S/C19H13Cl2FN2O4/c1-2-28-16-10(7-11(20)9-15(16)21)8-14-17(25)23-19(27)24(18(14)26)13-5-3-12(22)4-6-13/h3-9H,2H2,1H3,(H,23,25,27)/b14-8+. The number of imide groups is 2. The van der Waals surface area contributed by atoms with Gasteiger partial charge in [-0.1, -0.05) is 23.2 Å². The highest BCUT2D eigenvalue weighted by atomic mass is 35.5. The molecule has 0 bridgehead atoms. The third kappa shape index (κ3) is 3.85. The molecule has 1 aliphatic rings. The Morgan fingerprint density at radius 2 is 1.82 bits per heavy atom. The molecule has 0 unspecified atom stereocenters. The summed E-state index contributed by atoms with van der Waals surface area (Å²) in [7, 11) is 0. The number of hydrogen-bond acceptors (Lipinski definition) is 4. The van der Waals surface area contributed by atoms with Crippen LogP contribution in [0.25, 0.3) is 6.08 Å². The lowest BCUT2D eigenvalue weighted by Gasteiger charge is -2.26. The largest absolute Gasteiger partial charge is 0.492 e. The van der Waals surface area contributed by atoms with E-state index in [1.165, 1.54) is 30.3 Å². The van der Waals surface area contributed by atoms with Gasteiger partial charge >= 0.3 is 6.03 Å². The Hall–Kier alpha value is -2.90. The van der Waals surface area contributed by atoms with E-state index < -0.39 is 23.7 Å². The normalized spacial score (nSPS) is 15.8. The summed E-state index contributed by atoms with van der Waals surface area (Å²) >= 11 is 12.2. The van der Waals surface area contributed by atoms with E-state index in [1.54, 1.807) is 6.92 Å². The van der Waals surface area contributed by atoms with Crippen molar-refractivity contribution in [1.29, 1.82) is 0 Å². The molecule has 1 aliphatic heterocycles. The highest BCUT2D eigenvalue weighted by molar-refractivity contribution is 6.40. The summed E-state index contributed by atoms with van der Waals surface area (Å²) in [6.07, 6.45) is 1.24. The fourth-order valence-corrected chi connectivity index (χ4v) is 3.19. The summed E-state index contributed by atoms with van der Waals surface area (Å²) < 4.78 is 18.6. The Morgan fingerprint density at radius 1 is 1.14 bits per heavy atom. The number of barbiturate groups is 1. The Morgan fingerprint density at radius 3 is 2.46 bits per heavy atom. The van der Waals surface area contributed by atoms with E-state index in [9.17, 15) is 18.8 Å². The number of rotatable bonds is 4. The van der Waals surface area contributed by atoms with Gasteiger partial charge < -0.3 is 4.74 Å². The van der Waals surface area contributed by atoms with Crippen LogP contribution in [0.1, 0.15) is 12.5 Å². The van der Waals surface area contributed by atoms with E-state index in [2.05, 4.69) is 5.32 Å². The zero-order valence-electron chi connectivity index (χ0n) is 14.5. The van der Waals surface area contributed by atoms with E-state index in [0.29, 0.717) is 5.56 Å². The third-order valence-corrected chi connectivity index (χ3v) is 4.31. The average molecular weight is 423 g/mol. The van der Waals surface area contributed by atoms with Gasteiger partial charge in [0.05, 0.1) is 17.3 Å². The predicted molar refractivity (Wildman–Crippen MR) is 103 cm³/mol. The molecule has 144 valence electrons. The molecule has 0 spiro atoms. The van der Waals surface area contributed by atoms with Gasteiger partial charge in [0.25, 0.3) is 11.8 Å². The number of urea groups is 1. The number of benzene rings is 2. The summed E-state index contributed by atoms with van der Waals surface area (Å²) in [4.78, 5) is 38.0. The molecule has 6 nitrogen and oxygen atoms in total. The van der Waals surface area contributed by atoms with Gasteiger partial charge in [-0.05, 0) is 49.4 Å². The maximum absolute atomic E-state index is 13.2. The first-order valence-corrected chi connectivity index (χ1v) is 8.86. The summed E-state index contributed by atoms with van der Waals surface area (Å²) in [5.41, 5.74) is 0.0749. The molecule has 2 aromatic carbocycles. The molecule has 0 saturated carbocycles. The number of carbonyl (C=O) groups is 3. The lowest BCUT2D eigenvalue weighted by molar-refractivity contribution is -0.122. The first-order chi connectivity index (χ1) is 13.3. The van der Waals surface area contributed by atoms with Gasteiger partial charge in [0.15, 0.2) is 0 Å². The number of amides is 4. The second-order valence-corrected chi connectivity index (χ2v) is 6.52. The minimum atomic E-state index is -0.937. The van der Waals surface area contributed by atoms with Crippen LogP contribution in [0.3, 0.4) is 0 Å². The average Bonchev–Trinajstić information content (AvgIpc) is 2.62. The molecule has 2 aromatic rings. The molecule has 1 fully saturated rings. The molecule has 1 heterocycles. The molecule has 0 atom stereocenters. The maximum Gasteiger partial charge on any atom is 0.335 e. The minimum absolute atomic E-state index is 0.108. The van der Waals surface area contributed by atoms with Crippen LogP contribution in [0.5, 0.6) is 5.75 Å². The summed E-state index contributed by atoms with van der Waals surface area (Å²) in [5, 5.41) is 2.56. The topological polar surface area (TPSA) is 75.7 Å². The molecule has 3 rings (SSSR count). The van der Waals surface area contributed by atoms with Gasteiger partial charge in [-0.3, -0.25) is 14.9 Å². The van der Waals surface area contributed by atoms with Crippen LogP contribution in [-0.2, 0) is 9.59 Å². The van der Waals surface area contributed by atoms with Crippen molar-refractivity contribution < 1.29 is 23.5 Å².